The number of ether oxygens (including phenoxy) is 1. The van der Waals surface area contributed by atoms with Crippen molar-refractivity contribution >= 4 is 17.6 Å². The standard InChI is InChI=1S/C21H35N5O2/c1-21(2,3)28-20(27)16-14-18(22-17-6-8-24(4)9-7-17)23-19(15-16)26-12-10-25(5)11-13-26/h14-15,17H,6-13H2,1-5H3,(H,22,23). The Morgan fingerprint density at radius 1 is 1.04 bits per heavy atom. The minimum absolute atomic E-state index is 0.295. The summed E-state index contributed by atoms with van der Waals surface area (Å²) in [5.41, 5.74) is 0.0462. The van der Waals surface area contributed by atoms with Crippen molar-refractivity contribution in [3.63, 3.8) is 0 Å². The number of esters is 1. The third-order valence-corrected chi connectivity index (χ3v) is 5.34. The smallest absolute Gasteiger partial charge is 0.338 e. The number of hydrogen-bond donors (Lipinski definition) is 1. The van der Waals surface area contributed by atoms with E-state index in [1.54, 1.807) is 0 Å². The van der Waals surface area contributed by atoms with Crippen LogP contribution in [-0.4, -0.2) is 85.8 Å². The summed E-state index contributed by atoms with van der Waals surface area (Å²) in [5.74, 6) is 1.33. The number of piperazine rings is 1. The van der Waals surface area contributed by atoms with Gasteiger partial charge in [0.25, 0.3) is 0 Å². The molecule has 2 aliphatic heterocycles. The average Bonchev–Trinajstić information content (AvgIpc) is 2.62. The summed E-state index contributed by atoms with van der Waals surface area (Å²) >= 11 is 0. The Morgan fingerprint density at radius 2 is 1.64 bits per heavy atom. The second-order valence-electron chi connectivity index (χ2n) is 9.11. The number of carbonyl (C=O) groups is 1. The highest BCUT2D eigenvalue weighted by molar-refractivity contribution is 5.91. The van der Waals surface area contributed by atoms with E-state index >= 15 is 0 Å². The first kappa shape index (κ1) is 20.9. The van der Waals surface area contributed by atoms with Crippen LogP contribution in [0.1, 0.15) is 44.0 Å². The fourth-order valence-corrected chi connectivity index (χ4v) is 3.60. The molecule has 0 saturated carbocycles. The molecule has 0 bridgehead atoms. The minimum Gasteiger partial charge on any atom is -0.456 e. The zero-order valence-electron chi connectivity index (χ0n) is 18.0. The summed E-state index contributed by atoms with van der Waals surface area (Å²) in [6.07, 6.45) is 2.16. The Kier molecular flexibility index (Phi) is 6.45. The van der Waals surface area contributed by atoms with Crippen LogP contribution in [0.3, 0.4) is 0 Å². The van der Waals surface area contributed by atoms with Crippen molar-refractivity contribution in [2.45, 2.75) is 45.3 Å². The Morgan fingerprint density at radius 3 is 2.25 bits per heavy atom. The molecular formula is C21H35N5O2. The number of aromatic nitrogens is 1. The Labute approximate surface area is 169 Å². The molecule has 1 N–H and O–H groups in total. The molecule has 0 unspecified atom stereocenters. The lowest BCUT2D eigenvalue weighted by atomic mass is 10.1. The summed E-state index contributed by atoms with van der Waals surface area (Å²) < 4.78 is 5.61. The highest BCUT2D eigenvalue weighted by atomic mass is 16.6. The predicted molar refractivity (Wildman–Crippen MR) is 113 cm³/mol. The zero-order valence-corrected chi connectivity index (χ0v) is 18.0. The third-order valence-electron chi connectivity index (χ3n) is 5.34. The van der Waals surface area contributed by atoms with Crippen LogP contribution >= 0.6 is 0 Å². The first-order chi connectivity index (χ1) is 13.2. The number of nitrogens with one attached hydrogen (secondary N) is 1. The van der Waals surface area contributed by atoms with Gasteiger partial charge in [-0.15, -0.1) is 0 Å². The van der Waals surface area contributed by atoms with Crippen molar-refractivity contribution in [3.05, 3.63) is 17.7 Å². The highest BCUT2D eigenvalue weighted by Gasteiger charge is 2.23. The molecule has 0 aliphatic carbocycles. The van der Waals surface area contributed by atoms with Crippen LogP contribution < -0.4 is 10.2 Å². The summed E-state index contributed by atoms with van der Waals surface area (Å²) in [7, 11) is 4.29. The van der Waals surface area contributed by atoms with Crippen LogP contribution in [0.2, 0.25) is 0 Å². The molecule has 3 rings (SSSR count). The van der Waals surface area contributed by atoms with Crippen molar-refractivity contribution < 1.29 is 9.53 Å². The number of hydrogen-bond acceptors (Lipinski definition) is 7. The molecule has 7 heteroatoms. The van der Waals surface area contributed by atoms with Crippen LogP contribution in [-0.2, 0) is 4.74 Å². The number of piperidine rings is 1. The van der Waals surface area contributed by atoms with Crippen LogP contribution in [0.5, 0.6) is 0 Å². The number of pyridine rings is 1. The molecule has 0 atom stereocenters. The van der Waals surface area contributed by atoms with E-state index in [9.17, 15) is 4.79 Å². The van der Waals surface area contributed by atoms with E-state index in [0.717, 1.165) is 63.7 Å². The molecule has 0 radical (unpaired) electrons. The molecule has 28 heavy (non-hydrogen) atoms. The van der Waals surface area contributed by atoms with Gasteiger partial charge in [-0.3, -0.25) is 0 Å². The number of anilines is 2. The van der Waals surface area contributed by atoms with E-state index in [4.69, 9.17) is 9.72 Å². The van der Waals surface area contributed by atoms with Gasteiger partial charge in [-0.1, -0.05) is 0 Å². The number of carbonyl (C=O) groups excluding carboxylic acids is 1. The van der Waals surface area contributed by atoms with Crippen LogP contribution in [0.4, 0.5) is 11.6 Å². The maximum absolute atomic E-state index is 12.7. The van der Waals surface area contributed by atoms with Crippen molar-refractivity contribution in [1.82, 2.24) is 14.8 Å². The van der Waals surface area contributed by atoms with Crippen molar-refractivity contribution in [2.75, 3.05) is 63.6 Å². The lowest BCUT2D eigenvalue weighted by Crippen LogP contribution is -2.45. The SMILES string of the molecule is CN1CCC(Nc2cc(C(=O)OC(C)(C)C)cc(N3CCN(C)CC3)n2)CC1. The molecule has 2 fully saturated rings. The average molecular weight is 390 g/mol. The van der Waals surface area contributed by atoms with E-state index in [2.05, 4.69) is 34.1 Å². The topological polar surface area (TPSA) is 60.9 Å². The second kappa shape index (κ2) is 8.66. The Hall–Kier alpha value is -1.86. The van der Waals surface area contributed by atoms with Crippen molar-refractivity contribution in [2.24, 2.45) is 0 Å². The molecule has 7 nitrogen and oxygen atoms in total. The number of nitrogens with zero attached hydrogens (tertiary/aromatic N) is 4. The molecule has 0 spiro atoms. The summed E-state index contributed by atoms with van der Waals surface area (Å²) in [5, 5.41) is 3.57. The fraction of sp³-hybridized carbons (Fsp3) is 0.714. The van der Waals surface area contributed by atoms with Gasteiger partial charge in [0.1, 0.15) is 17.2 Å². The Bertz CT molecular complexity index is 672. The molecular weight excluding hydrogens is 354 g/mol. The van der Waals surface area contributed by atoms with Gasteiger partial charge < -0.3 is 24.8 Å². The highest BCUT2D eigenvalue weighted by Crippen LogP contribution is 2.23. The quantitative estimate of drug-likeness (QED) is 0.793. The molecule has 0 amide bonds. The zero-order chi connectivity index (χ0) is 20.3. The van der Waals surface area contributed by atoms with Gasteiger partial charge in [-0.2, -0.15) is 0 Å². The molecule has 2 aliphatic rings. The molecule has 1 aromatic rings. The van der Waals surface area contributed by atoms with Gasteiger partial charge in [-0.25, -0.2) is 9.78 Å². The second-order valence-corrected chi connectivity index (χ2v) is 9.11. The maximum Gasteiger partial charge on any atom is 0.338 e. The van der Waals surface area contributed by atoms with Gasteiger partial charge in [0.05, 0.1) is 5.56 Å². The van der Waals surface area contributed by atoms with E-state index < -0.39 is 5.60 Å². The Balaban J connectivity index is 1.82. The molecule has 156 valence electrons. The molecule has 0 aromatic carbocycles. The van der Waals surface area contributed by atoms with Crippen LogP contribution in [0, 0.1) is 0 Å². The van der Waals surface area contributed by atoms with E-state index in [-0.39, 0.29) is 5.97 Å². The third kappa shape index (κ3) is 5.82. The largest absolute Gasteiger partial charge is 0.456 e. The first-order valence-corrected chi connectivity index (χ1v) is 10.3. The summed E-state index contributed by atoms with van der Waals surface area (Å²) in [6, 6.07) is 4.10. The van der Waals surface area contributed by atoms with Crippen LogP contribution in [0.15, 0.2) is 12.1 Å². The molecule has 3 heterocycles. The van der Waals surface area contributed by atoms with Crippen molar-refractivity contribution in [1.29, 1.82) is 0 Å². The van der Waals surface area contributed by atoms with Gasteiger partial charge >= 0.3 is 5.97 Å². The summed E-state index contributed by atoms with van der Waals surface area (Å²) in [6.45, 7) is 11.7. The van der Waals surface area contributed by atoms with Crippen LogP contribution in [0.25, 0.3) is 0 Å². The number of likely N-dealkylation sites (N-methyl/N-ethyl adjacent to an activating group) is 1. The van der Waals surface area contributed by atoms with Gasteiger partial charge in [0.2, 0.25) is 0 Å². The molecule has 2 saturated heterocycles. The predicted octanol–water partition coefficient (Wildman–Crippen LogP) is 2.29. The van der Waals surface area contributed by atoms with Gasteiger partial charge in [-0.05, 0) is 72.9 Å². The van der Waals surface area contributed by atoms with E-state index in [1.165, 1.54) is 0 Å². The normalized spacial score (nSPS) is 20.2. The lowest BCUT2D eigenvalue weighted by Gasteiger charge is -2.34. The molecule has 1 aromatic heterocycles. The number of likely N-dealkylation sites (tertiary alicyclic amines) is 1. The minimum atomic E-state index is -0.518. The van der Waals surface area contributed by atoms with Crippen molar-refractivity contribution in [3.8, 4) is 0 Å². The first-order valence-electron chi connectivity index (χ1n) is 10.3. The fourth-order valence-electron chi connectivity index (χ4n) is 3.60. The van der Waals surface area contributed by atoms with Gasteiger partial charge in [0.15, 0.2) is 0 Å². The van der Waals surface area contributed by atoms with E-state index in [1.807, 2.05) is 32.9 Å². The number of rotatable bonds is 4. The van der Waals surface area contributed by atoms with Gasteiger partial charge in [0, 0.05) is 32.2 Å². The lowest BCUT2D eigenvalue weighted by molar-refractivity contribution is 0.00694. The monoisotopic (exact) mass is 389 g/mol. The maximum atomic E-state index is 12.7. The van der Waals surface area contributed by atoms with E-state index in [0.29, 0.717) is 11.6 Å². The summed E-state index contributed by atoms with van der Waals surface area (Å²) in [4.78, 5) is 24.5.